The van der Waals surface area contributed by atoms with E-state index in [2.05, 4.69) is 14.9 Å². The summed E-state index contributed by atoms with van der Waals surface area (Å²) in [5.74, 6) is 0. The van der Waals surface area contributed by atoms with Crippen LogP contribution >= 0.6 is 0 Å². The lowest BCUT2D eigenvalue weighted by Gasteiger charge is -2.10. The number of sulfonamides is 1. The normalized spacial score (nSPS) is 12.0. The van der Waals surface area contributed by atoms with Crippen LogP contribution in [-0.2, 0) is 16.6 Å². The van der Waals surface area contributed by atoms with Crippen molar-refractivity contribution in [1.82, 2.24) is 14.9 Å². The second kappa shape index (κ2) is 8.36. The highest BCUT2D eigenvalue weighted by Crippen LogP contribution is 2.11. The van der Waals surface area contributed by atoms with Gasteiger partial charge in [0.25, 0.3) is 0 Å². The number of rotatable bonds is 9. The molecular formula is C14H25N3O2S. The van der Waals surface area contributed by atoms with Crippen molar-refractivity contribution in [2.75, 3.05) is 34.2 Å². The Balaban J connectivity index is 2.53. The third-order valence-electron chi connectivity index (χ3n) is 2.91. The van der Waals surface area contributed by atoms with Gasteiger partial charge in [-0.05, 0) is 58.2 Å². The summed E-state index contributed by atoms with van der Waals surface area (Å²) in [4.78, 5) is 2.42. The van der Waals surface area contributed by atoms with Gasteiger partial charge >= 0.3 is 0 Å². The fraction of sp³-hybridized carbons (Fsp3) is 0.571. The van der Waals surface area contributed by atoms with Gasteiger partial charge in [0.05, 0.1) is 4.90 Å². The monoisotopic (exact) mass is 299 g/mol. The summed E-state index contributed by atoms with van der Waals surface area (Å²) in [6, 6.07) is 7.01. The fourth-order valence-electron chi connectivity index (χ4n) is 1.87. The van der Waals surface area contributed by atoms with Gasteiger partial charge in [0.15, 0.2) is 0 Å². The molecule has 0 aliphatic rings. The van der Waals surface area contributed by atoms with Gasteiger partial charge in [-0.2, -0.15) is 0 Å². The summed E-state index contributed by atoms with van der Waals surface area (Å²) in [5.41, 5.74) is 0.961. The summed E-state index contributed by atoms with van der Waals surface area (Å²) in [6.07, 6.45) is 1.82. The van der Waals surface area contributed by atoms with Crippen molar-refractivity contribution in [2.24, 2.45) is 0 Å². The van der Waals surface area contributed by atoms with Crippen molar-refractivity contribution in [1.29, 1.82) is 0 Å². The molecule has 20 heavy (non-hydrogen) atoms. The third kappa shape index (κ3) is 6.00. The van der Waals surface area contributed by atoms with Crippen molar-refractivity contribution >= 4 is 10.0 Å². The first-order valence-electron chi connectivity index (χ1n) is 6.83. The standard InChI is InChI=1S/C14H25N3O2S/c1-15-12-13-7-6-8-14(11-13)20(18,19)16-9-4-5-10-17(2)3/h6-8,11,15-16H,4-5,9-10,12H2,1-3H3. The summed E-state index contributed by atoms with van der Waals surface area (Å²) in [6.45, 7) is 2.11. The van der Waals surface area contributed by atoms with Crippen molar-refractivity contribution in [3.8, 4) is 0 Å². The molecule has 0 saturated heterocycles. The van der Waals surface area contributed by atoms with E-state index in [4.69, 9.17) is 0 Å². The van der Waals surface area contributed by atoms with E-state index in [-0.39, 0.29) is 0 Å². The lowest BCUT2D eigenvalue weighted by Crippen LogP contribution is -2.25. The van der Waals surface area contributed by atoms with Crippen LogP contribution in [0.3, 0.4) is 0 Å². The van der Waals surface area contributed by atoms with Gasteiger partial charge in [-0.3, -0.25) is 0 Å². The van der Waals surface area contributed by atoms with Gasteiger partial charge in [0.1, 0.15) is 0 Å². The Bertz CT molecular complexity index is 501. The molecule has 5 nitrogen and oxygen atoms in total. The highest BCUT2D eigenvalue weighted by atomic mass is 32.2. The van der Waals surface area contributed by atoms with Gasteiger partial charge in [-0.15, -0.1) is 0 Å². The maximum Gasteiger partial charge on any atom is 0.240 e. The highest BCUT2D eigenvalue weighted by molar-refractivity contribution is 7.89. The van der Waals surface area contributed by atoms with Crippen LogP contribution in [0.2, 0.25) is 0 Å². The van der Waals surface area contributed by atoms with Crippen LogP contribution in [0, 0.1) is 0 Å². The smallest absolute Gasteiger partial charge is 0.240 e. The van der Waals surface area contributed by atoms with Crippen LogP contribution in [0.1, 0.15) is 18.4 Å². The molecule has 0 bridgehead atoms. The number of unbranched alkanes of at least 4 members (excludes halogenated alkanes) is 1. The second-order valence-electron chi connectivity index (χ2n) is 5.09. The lowest BCUT2D eigenvalue weighted by molar-refractivity contribution is 0.394. The minimum Gasteiger partial charge on any atom is -0.316 e. The Labute approximate surface area is 122 Å². The van der Waals surface area contributed by atoms with Gasteiger partial charge in [0.2, 0.25) is 10.0 Å². The van der Waals surface area contributed by atoms with Crippen LogP contribution in [-0.4, -0.2) is 47.6 Å². The number of hydrogen-bond acceptors (Lipinski definition) is 4. The Morgan fingerprint density at radius 1 is 1.20 bits per heavy atom. The summed E-state index contributed by atoms with van der Waals surface area (Å²) in [7, 11) is 2.47. The van der Waals surface area contributed by atoms with E-state index >= 15 is 0 Å². The van der Waals surface area contributed by atoms with E-state index in [0.717, 1.165) is 24.9 Å². The molecule has 1 rings (SSSR count). The predicted molar refractivity (Wildman–Crippen MR) is 82.2 cm³/mol. The SMILES string of the molecule is CNCc1cccc(S(=O)(=O)NCCCCN(C)C)c1. The Kier molecular flexibility index (Phi) is 7.15. The first kappa shape index (κ1) is 17.1. The van der Waals surface area contributed by atoms with Gasteiger partial charge in [-0.1, -0.05) is 12.1 Å². The highest BCUT2D eigenvalue weighted by Gasteiger charge is 2.13. The van der Waals surface area contributed by atoms with E-state index in [1.807, 2.05) is 27.2 Å². The number of nitrogens with one attached hydrogen (secondary N) is 2. The van der Waals surface area contributed by atoms with E-state index in [9.17, 15) is 8.42 Å². The van der Waals surface area contributed by atoms with Gasteiger partial charge in [-0.25, -0.2) is 13.1 Å². The van der Waals surface area contributed by atoms with Crippen LogP contribution in [0.15, 0.2) is 29.2 Å². The summed E-state index contributed by atoms with van der Waals surface area (Å²) < 4.78 is 26.9. The molecule has 1 aromatic carbocycles. The first-order chi connectivity index (χ1) is 9.45. The average molecular weight is 299 g/mol. The summed E-state index contributed by atoms with van der Waals surface area (Å²) >= 11 is 0. The minimum atomic E-state index is -3.39. The van der Waals surface area contributed by atoms with E-state index < -0.39 is 10.0 Å². The minimum absolute atomic E-state index is 0.331. The van der Waals surface area contributed by atoms with E-state index in [0.29, 0.717) is 18.0 Å². The molecule has 0 radical (unpaired) electrons. The van der Waals surface area contributed by atoms with E-state index in [1.165, 1.54) is 0 Å². The molecule has 0 saturated carbocycles. The molecule has 0 spiro atoms. The molecule has 6 heteroatoms. The van der Waals surface area contributed by atoms with Crippen molar-refractivity contribution in [3.63, 3.8) is 0 Å². The maximum absolute atomic E-state index is 12.1. The maximum atomic E-state index is 12.1. The Hall–Kier alpha value is -0.950. The molecular weight excluding hydrogens is 274 g/mol. The molecule has 0 aliphatic carbocycles. The zero-order chi connectivity index (χ0) is 15.0. The Morgan fingerprint density at radius 2 is 1.95 bits per heavy atom. The van der Waals surface area contributed by atoms with Crippen LogP contribution in [0.4, 0.5) is 0 Å². The molecule has 2 N–H and O–H groups in total. The Morgan fingerprint density at radius 3 is 2.60 bits per heavy atom. The number of nitrogens with zero attached hydrogens (tertiary/aromatic N) is 1. The molecule has 0 aromatic heterocycles. The predicted octanol–water partition coefficient (Wildman–Crippen LogP) is 1.03. The molecule has 1 aromatic rings. The largest absolute Gasteiger partial charge is 0.316 e. The molecule has 0 unspecified atom stereocenters. The number of hydrogen-bond donors (Lipinski definition) is 2. The number of benzene rings is 1. The van der Waals surface area contributed by atoms with Crippen LogP contribution < -0.4 is 10.0 Å². The first-order valence-corrected chi connectivity index (χ1v) is 8.32. The average Bonchev–Trinajstić information content (AvgIpc) is 2.38. The van der Waals surface area contributed by atoms with Crippen LogP contribution in [0.25, 0.3) is 0 Å². The molecule has 0 aliphatic heterocycles. The van der Waals surface area contributed by atoms with Crippen molar-refractivity contribution in [3.05, 3.63) is 29.8 Å². The topological polar surface area (TPSA) is 61.4 Å². The van der Waals surface area contributed by atoms with Crippen molar-refractivity contribution < 1.29 is 8.42 Å². The van der Waals surface area contributed by atoms with Crippen LogP contribution in [0.5, 0.6) is 0 Å². The van der Waals surface area contributed by atoms with Gasteiger partial charge in [0, 0.05) is 13.1 Å². The zero-order valence-electron chi connectivity index (χ0n) is 12.5. The third-order valence-corrected chi connectivity index (χ3v) is 4.37. The molecule has 0 fully saturated rings. The second-order valence-corrected chi connectivity index (χ2v) is 6.85. The molecule has 114 valence electrons. The van der Waals surface area contributed by atoms with E-state index in [1.54, 1.807) is 18.2 Å². The lowest BCUT2D eigenvalue weighted by atomic mass is 10.2. The zero-order valence-corrected chi connectivity index (χ0v) is 13.3. The quantitative estimate of drug-likeness (QED) is 0.669. The summed E-state index contributed by atoms with van der Waals surface area (Å²) in [5, 5.41) is 3.01. The molecule has 0 atom stereocenters. The van der Waals surface area contributed by atoms with Crippen molar-refractivity contribution in [2.45, 2.75) is 24.3 Å². The van der Waals surface area contributed by atoms with Gasteiger partial charge < -0.3 is 10.2 Å². The molecule has 0 heterocycles. The molecule has 0 amide bonds. The fourth-order valence-corrected chi connectivity index (χ4v) is 3.01.